The highest BCUT2D eigenvalue weighted by molar-refractivity contribution is 6.41. The molecule has 88 valence electrons. The van der Waals surface area contributed by atoms with Gasteiger partial charge in [-0.1, -0.05) is 41.9 Å². The number of allylic oxidation sites excluding steroid dienone is 1. The van der Waals surface area contributed by atoms with E-state index < -0.39 is 0 Å². The van der Waals surface area contributed by atoms with Gasteiger partial charge in [0.2, 0.25) is 5.91 Å². The highest BCUT2D eigenvalue weighted by Gasteiger charge is 2.29. The van der Waals surface area contributed by atoms with Crippen LogP contribution in [-0.4, -0.2) is 12.1 Å². The van der Waals surface area contributed by atoms with Gasteiger partial charge in [0, 0.05) is 5.92 Å². The Labute approximate surface area is 105 Å². The van der Waals surface area contributed by atoms with Gasteiger partial charge in [-0.05, 0) is 24.5 Å². The van der Waals surface area contributed by atoms with Crippen molar-refractivity contribution in [3.63, 3.8) is 0 Å². The van der Waals surface area contributed by atoms with Gasteiger partial charge in [-0.2, -0.15) is 5.10 Å². The van der Waals surface area contributed by atoms with Crippen molar-refractivity contribution in [3.8, 4) is 0 Å². The minimum atomic E-state index is -0.0228. The molecule has 1 fully saturated rings. The Morgan fingerprint density at radius 3 is 2.71 bits per heavy atom. The maximum absolute atomic E-state index is 11.3. The molecule has 2 rings (SSSR count). The molecule has 0 atom stereocenters. The van der Waals surface area contributed by atoms with E-state index in [1.54, 1.807) is 6.08 Å². The topological polar surface area (TPSA) is 41.5 Å². The highest BCUT2D eigenvalue weighted by atomic mass is 35.5. The number of benzene rings is 1. The van der Waals surface area contributed by atoms with Gasteiger partial charge >= 0.3 is 0 Å². The number of hydrogen-bond donors (Lipinski definition) is 1. The minimum absolute atomic E-state index is 0.0228. The van der Waals surface area contributed by atoms with E-state index >= 15 is 0 Å². The molecule has 0 saturated heterocycles. The maximum Gasteiger partial charge on any atom is 0.243 e. The van der Waals surface area contributed by atoms with Crippen molar-refractivity contribution >= 4 is 29.8 Å². The fourth-order valence-corrected chi connectivity index (χ4v) is 1.51. The van der Waals surface area contributed by atoms with Crippen LogP contribution in [0, 0.1) is 5.92 Å². The molecule has 1 aromatic rings. The first-order valence-electron chi connectivity index (χ1n) is 5.51. The number of carbonyl (C=O) groups excluding carboxylic acids is 1. The van der Waals surface area contributed by atoms with Crippen LogP contribution < -0.4 is 5.43 Å². The van der Waals surface area contributed by atoms with Gasteiger partial charge < -0.3 is 0 Å². The van der Waals surface area contributed by atoms with Crippen LogP contribution >= 0.6 is 11.6 Å². The standard InChI is InChI=1S/C13H13ClN2O/c14-12(8-10-4-2-1-3-5-10)9-15-16-13(17)11-6-7-11/h1-5,8-9,11H,6-7H2,(H,16,17)/b12-8-,15-9-. The maximum atomic E-state index is 11.3. The molecule has 1 aromatic carbocycles. The Morgan fingerprint density at radius 2 is 2.06 bits per heavy atom. The van der Waals surface area contributed by atoms with Crippen molar-refractivity contribution in [1.82, 2.24) is 5.43 Å². The van der Waals surface area contributed by atoms with Crippen LogP contribution in [0.4, 0.5) is 0 Å². The van der Waals surface area contributed by atoms with E-state index in [2.05, 4.69) is 10.5 Å². The molecule has 4 heteroatoms. The average Bonchev–Trinajstić information content (AvgIpc) is 3.14. The van der Waals surface area contributed by atoms with Crippen molar-refractivity contribution in [2.45, 2.75) is 12.8 Å². The molecule has 17 heavy (non-hydrogen) atoms. The first kappa shape index (κ1) is 11.9. The van der Waals surface area contributed by atoms with Crippen molar-refractivity contribution in [1.29, 1.82) is 0 Å². The van der Waals surface area contributed by atoms with Gasteiger partial charge in [0.25, 0.3) is 0 Å². The van der Waals surface area contributed by atoms with Gasteiger partial charge in [-0.25, -0.2) is 5.43 Å². The first-order chi connectivity index (χ1) is 8.25. The summed E-state index contributed by atoms with van der Waals surface area (Å²) in [7, 11) is 0. The van der Waals surface area contributed by atoms with Gasteiger partial charge in [0.1, 0.15) is 0 Å². The molecule has 0 aliphatic heterocycles. The fraction of sp³-hybridized carbons (Fsp3) is 0.231. The van der Waals surface area contributed by atoms with Crippen molar-refractivity contribution < 1.29 is 4.79 Å². The van der Waals surface area contributed by atoms with Crippen LogP contribution in [0.2, 0.25) is 0 Å². The van der Waals surface area contributed by atoms with Crippen molar-refractivity contribution in [3.05, 3.63) is 40.9 Å². The predicted molar refractivity (Wildman–Crippen MR) is 69.6 cm³/mol. The molecule has 3 nitrogen and oxygen atoms in total. The number of hydrazone groups is 1. The van der Waals surface area contributed by atoms with E-state index in [4.69, 9.17) is 11.6 Å². The summed E-state index contributed by atoms with van der Waals surface area (Å²) in [5, 5.41) is 4.28. The lowest BCUT2D eigenvalue weighted by molar-refractivity contribution is -0.122. The number of carbonyl (C=O) groups is 1. The summed E-state index contributed by atoms with van der Waals surface area (Å²) in [6.07, 6.45) is 5.16. The molecular weight excluding hydrogens is 236 g/mol. The average molecular weight is 249 g/mol. The second-order valence-electron chi connectivity index (χ2n) is 3.95. The lowest BCUT2D eigenvalue weighted by Gasteiger charge is -1.95. The third-order valence-electron chi connectivity index (χ3n) is 2.41. The van der Waals surface area contributed by atoms with Crippen molar-refractivity contribution in [2.24, 2.45) is 11.0 Å². The summed E-state index contributed by atoms with van der Waals surface area (Å²) < 4.78 is 0. The number of nitrogens with one attached hydrogen (secondary N) is 1. The third-order valence-corrected chi connectivity index (χ3v) is 2.62. The number of amides is 1. The Bertz CT molecular complexity index is 450. The van der Waals surface area contributed by atoms with Crippen molar-refractivity contribution in [2.75, 3.05) is 0 Å². The highest BCUT2D eigenvalue weighted by Crippen LogP contribution is 2.28. The summed E-state index contributed by atoms with van der Waals surface area (Å²) >= 11 is 5.95. The minimum Gasteiger partial charge on any atom is -0.273 e. The summed E-state index contributed by atoms with van der Waals surface area (Å²) in [4.78, 5) is 11.3. The molecule has 0 heterocycles. The summed E-state index contributed by atoms with van der Waals surface area (Å²) in [6, 6.07) is 9.69. The monoisotopic (exact) mass is 248 g/mol. The molecule has 0 aromatic heterocycles. The zero-order valence-corrected chi connectivity index (χ0v) is 10.0. The third kappa shape index (κ3) is 4.04. The van der Waals surface area contributed by atoms with Crippen LogP contribution in [0.1, 0.15) is 18.4 Å². The van der Waals surface area contributed by atoms with Gasteiger partial charge in [0.05, 0.1) is 11.2 Å². The zero-order chi connectivity index (χ0) is 12.1. The van der Waals surface area contributed by atoms with E-state index in [9.17, 15) is 4.79 Å². The van der Waals surface area contributed by atoms with Gasteiger partial charge in [-0.15, -0.1) is 0 Å². The van der Waals surface area contributed by atoms with Gasteiger partial charge in [0.15, 0.2) is 0 Å². The Morgan fingerprint density at radius 1 is 1.35 bits per heavy atom. The molecule has 1 amide bonds. The molecule has 0 radical (unpaired) electrons. The number of halogens is 1. The summed E-state index contributed by atoms with van der Waals surface area (Å²) in [5.41, 5.74) is 3.46. The number of rotatable bonds is 4. The predicted octanol–water partition coefficient (Wildman–Crippen LogP) is 2.78. The largest absolute Gasteiger partial charge is 0.273 e. The number of hydrogen-bond acceptors (Lipinski definition) is 2. The normalized spacial score (nSPS) is 16.2. The Hall–Kier alpha value is -1.61. The molecule has 0 spiro atoms. The lowest BCUT2D eigenvalue weighted by Crippen LogP contribution is -2.18. The second kappa shape index (κ2) is 5.64. The van der Waals surface area contributed by atoms with Crippen LogP contribution in [-0.2, 0) is 4.79 Å². The molecule has 0 bridgehead atoms. The molecule has 1 aliphatic carbocycles. The van der Waals surface area contributed by atoms with E-state index in [0.29, 0.717) is 5.03 Å². The lowest BCUT2D eigenvalue weighted by atomic mass is 10.2. The fourth-order valence-electron chi connectivity index (χ4n) is 1.34. The second-order valence-corrected chi connectivity index (χ2v) is 4.38. The Kier molecular flexibility index (Phi) is 3.94. The summed E-state index contributed by atoms with van der Waals surface area (Å²) in [5.74, 6) is 0.134. The van der Waals surface area contributed by atoms with Crippen LogP contribution in [0.15, 0.2) is 40.5 Å². The zero-order valence-electron chi connectivity index (χ0n) is 9.27. The van der Waals surface area contributed by atoms with E-state index in [1.807, 2.05) is 30.3 Å². The van der Waals surface area contributed by atoms with Crippen LogP contribution in [0.25, 0.3) is 6.08 Å². The van der Waals surface area contributed by atoms with Crippen LogP contribution in [0.3, 0.4) is 0 Å². The molecule has 1 aliphatic rings. The molecule has 0 unspecified atom stereocenters. The molecular formula is C13H13ClN2O. The molecule has 1 N–H and O–H groups in total. The molecule has 1 saturated carbocycles. The quantitative estimate of drug-likeness (QED) is 0.646. The smallest absolute Gasteiger partial charge is 0.243 e. The van der Waals surface area contributed by atoms with Gasteiger partial charge in [-0.3, -0.25) is 4.79 Å². The Balaban J connectivity index is 1.87. The van der Waals surface area contributed by atoms with Crippen LogP contribution in [0.5, 0.6) is 0 Å². The first-order valence-corrected chi connectivity index (χ1v) is 5.88. The van der Waals surface area contributed by atoms with E-state index in [0.717, 1.165) is 18.4 Å². The van der Waals surface area contributed by atoms with E-state index in [-0.39, 0.29) is 11.8 Å². The summed E-state index contributed by atoms with van der Waals surface area (Å²) in [6.45, 7) is 0. The SMILES string of the molecule is O=C(N/N=C\C(Cl)=C\c1ccccc1)C1CC1. The van der Waals surface area contributed by atoms with E-state index in [1.165, 1.54) is 6.21 Å². The number of nitrogens with zero attached hydrogens (tertiary/aromatic N) is 1.